The zero-order chi connectivity index (χ0) is 15.8. The Morgan fingerprint density at radius 3 is 2.64 bits per heavy atom. The number of anilines is 1. The molecule has 0 saturated heterocycles. The van der Waals surface area contributed by atoms with Gasteiger partial charge in [0, 0.05) is 30.8 Å². The number of hydrogen-bond acceptors (Lipinski definition) is 4. The number of rotatable bonds is 7. The van der Waals surface area contributed by atoms with Gasteiger partial charge in [-0.25, -0.2) is 0 Å². The lowest BCUT2D eigenvalue weighted by Gasteiger charge is -2.23. The standard InChI is InChI=1S/C15H23N3O3.ClH/c1-4-18(15(20)11(2)9-16)10-14(19)17-12-6-5-7-13(8-12)21-3;/h5-8,11H,4,9-10,16H2,1-3H3,(H,17,19);1H. The minimum atomic E-state index is -0.283. The molecule has 1 aromatic rings. The zero-order valence-corrected chi connectivity index (χ0v) is 14.0. The molecule has 6 nitrogen and oxygen atoms in total. The molecule has 0 aliphatic heterocycles. The molecule has 1 rings (SSSR count). The van der Waals surface area contributed by atoms with Gasteiger partial charge in [-0.05, 0) is 19.1 Å². The van der Waals surface area contributed by atoms with Crippen LogP contribution in [0.5, 0.6) is 5.75 Å². The molecule has 1 aromatic carbocycles. The van der Waals surface area contributed by atoms with E-state index in [0.29, 0.717) is 18.0 Å². The highest BCUT2D eigenvalue weighted by Gasteiger charge is 2.20. The third-order valence-corrected chi connectivity index (χ3v) is 3.16. The van der Waals surface area contributed by atoms with Crippen LogP contribution in [0, 0.1) is 5.92 Å². The molecule has 0 aromatic heterocycles. The second kappa shape index (κ2) is 10.0. The monoisotopic (exact) mass is 329 g/mol. The van der Waals surface area contributed by atoms with Crippen LogP contribution in [-0.4, -0.2) is 43.5 Å². The lowest BCUT2D eigenvalue weighted by atomic mass is 10.1. The summed E-state index contributed by atoms with van der Waals surface area (Å²) in [6.45, 7) is 4.34. The van der Waals surface area contributed by atoms with Crippen LogP contribution in [-0.2, 0) is 9.59 Å². The smallest absolute Gasteiger partial charge is 0.243 e. The Hall–Kier alpha value is -1.79. The molecule has 1 unspecified atom stereocenters. The highest BCUT2D eigenvalue weighted by Crippen LogP contribution is 2.16. The number of halogens is 1. The van der Waals surface area contributed by atoms with Gasteiger partial charge in [-0.3, -0.25) is 9.59 Å². The topological polar surface area (TPSA) is 84.7 Å². The normalized spacial score (nSPS) is 11.1. The lowest BCUT2D eigenvalue weighted by molar-refractivity contribution is -0.137. The predicted octanol–water partition coefficient (Wildman–Crippen LogP) is 1.50. The molecule has 1 atom stereocenters. The number of hydrogen-bond donors (Lipinski definition) is 2. The average Bonchev–Trinajstić information content (AvgIpc) is 2.51. The molecule has 22 heavy (non-hydrogen) atoms. The second-order valence-electron chi connectivity index (χ2n) is 4.77. The van der Waals surface area contributed by atoms with Crippen molar-refractivity contribution in [2.45, 2.75) is 13.8 Å². The molecule has 0 aliphatic carbocycles. The number of nitrogens with two attached hydrogens (primary N) is 1. The summed E-state index contributed by atoms with van der Waals surface area (Å²) in [5, 5.41) is 2.75. The van der Waals surface area contributed by atoms with Crippen molar-refractivity contribution in [3.63, 3.8) is 0 Å². The van der Waals surface area contributed by atoms with Crippen molar-refractivity contribution in [2.75, 3.05) is 32.1 Å². The Bertz CT molecular complexity index is 497. The number of likely N-dealkylation sites (N-methyl/N-ethyl adjacent to an activating group) is 1. The van der Waals surface area contributed by atoms with Crippen LogP contribution in [0.4, 0.5) is 5.69 Å². The van der Waals surface area contributed by atoms with Crippen LogP contribution in [0.1, 0.15) is 13.8 Å². The summed E-state index contributed by atoms with van der Waals surface area (Å²) in [6.07, 6.45) is 0. The number of nitrogens with zero attached hydrogens (tertiary/aromatic N) is 1. The molecule has 0 radical (unpaired) electrons. The summed E-state index contributed by atoms with van der Waals surface area (Å²) in [4.78, 5) is 25.6. The third kappa shape index (κ3) is 5.91. The van der Waals surface area contributed by atoms with Gasteiger partial charge in [-0.1, -0.05) is 13.0 Å². The van der Waals surface area contributed by atoms with Crippen LogP contribution >= 0.6 is 12.4 Å². The van der Waals surface area contributed by atoms with E-state index in [2.05, 4.69) is 5.32 Å². The van der Waals surface area contributed by atoms with Gasteiger partial charge in [0.05, 0.1) is 13.7 Å². The maximum absolute atomic E-state index is 12.0. The van der Waals surface area contributed by atoms with Gasteiger partial charge in [-0.15, -0.1) is 12.4 Å². The Labute approximate surface area is 137 Å². The van der Waals surface area contributed by atoms with E-state index in [1.165, 1.54) is 4.90 Å². The Balaban J connectivity index is 0.00000441. The van der Waals surface area contributed by atoms with Crippen LogP contribution in [0.2, 0.25) is 0 Å². The number of carbonyl (C=O) groups is 2. The molecule has 0 bridgehead atoms. The SMILES string of the molecule is CCN(CC(=O)Nc1cccc(OC)c1)C(=O)C(C)CN.Cl. The number of methoxy groups -OCH3 is 1. The van der Waals surface area contributed by atoms with Crippen LogP contribution in [0.25, 0.3) is 0 Å². The Kier molecular flexibility index (Phi) is 9.21. The zero-order valence-electron chi connectivity index (χ0n) is 13.2. The molecule has 0 fully saturated rings. The van der Waals surface area contributed by atoms with Gasteiger partial charge in [0.1, 0.15) is 5.75 Å². The first-order valence-electron chi connectivity index (χ1n) is 6.94. The molecular weight excluding hydrogens is 306 g/mol. The summed E-state index contributed by atoms with van der Waals surface area (Å²) >= 11 is 0. The van der Waals surface area contributed by atoms with E-state index in [-0.39, 0.29) is 43.2 Å². The van der Waals surface area contributed by atoms with Crippen molar-refractivity contribution in [1.29, 1.82) is 0 Å². The fourth-order valence-corrected chi connectivity index (χ4v) is 1.83. The maximum atomic E-state index is 12.0. The fraction of sp³-hybridized carbons (Fsp3) is 0.467. The van der Waals surface area contributed by atoms with Crippen LogP contribution < -0.4 is 15.8 Å². The summed E-state index contributed by atoms with van der Waals surface area (Å²) in [5.41, 5.74) is 6.12. The van der Waals surface area contributed by atoms with E-state index in [9.17, 15) is 9.59 Å². The molecule has 2 amide bonds. The Morgan fingerprint density at radius 2 is 2.09 bits per heavy atom. The van der Waals surface area contributed by atoms with E-state index >= 15 is 0 Å². The van der Waals surface area contributed by atoms with Crippen molar-refractivity contribution < 1.29 is 14.3 Å². The van der Waals surface area contributed by atoms with Gasteiger partial charge >= 0.3 is 0 Å². The lowest BCUT2D eigenvalue weighted by Crippen LogP contribution is -2.42. The van der Waals surface area contributed by atoms with E-state index in [1.54, 1.807) is 38.3 Å². The van der Waals surface area contributed by atoms with Gasteiger partial charge in [-0.2, -0.15) is 0 Å². The van der Waals surface area contributed by atoms with Crippen molar-refractivity contribution in [3.05, 3.63) is 24.3 Å². The molecule has 3 N–H and O–H groups in total. The number of amides is 2. The highest BCUT2D eigenvalue weighted by atomic mass is 35.5. The van der Waals surface area contributed by atoms with E-state index in [0.717, 1.165) is 0 Å². The van der Waals surface area contributed by atoms with E-state index in [1.807, 2.05) is 6.92 Å². The first kappa shape index (κ1) is 20.2. The predicted molar refractivity (Wildman–Crippen MR) is 89.3 cm³/mol. The van der Waals surface area contributed by atoms with E-state index in [4.69, 9.17) is 10.5 Å². The van der Waals surface area contributed by atoms with Gasteiger partial charge in [0.2, 0.25) is 11.8 Å². The summed E-state index contributed by atoms with van der Waals surface area (Å²) in [5.74, 6) is 0.0195. The second-order valence-corrected chi connectivity index (χ2v) is 4.77. The van der Waals surface area contributed by atoms with Gasteiger partial charge in [0.25, 0.3) is 0 Å². The first-order valence-corrected chi connectivity index (χ1v) is 6.94. The quantitative estimate of drug-likeness (QED) is 0.794. The van der Waals surface area contributed by atoms with Gasteiger partial charge < -0.3 is 20.7 Å². The molecule has 0 spiro atoms. The maximum Gasteiger partial charge on any atom is 0.243 e. The van der Waals surface area contributed by atoms with Crippen LogP contribution in [0.3, 0.4) is 0 Å². The van der Waals surface area contributed by atoms with Crippen LogP contribution in [0.15, 0.2) is 24.3 Å². The minimum absolute atomic E-state index is 0. The highest BCUT2D eigenvalue weighted by molar-refractivity contribution is 5.94. The van der Waals surface area contributed by atoms with E-state index < -0.39 is 0 Å². The van der Waals surface area contributed by atoms with Crippen molar-refractivity contribution in [1.82, 2.24) is 4.90 Å². The first-order chi connectivity index (χ1) is 10.0. The van der Waals surface area contributed by atoms with Crippen molar-refractivity contribution >= 4 is 29.9 Å². The largest absolute Gasteiger partial charge is 0.497 e. The third-order valence-electron chi connectivity index (χ3n) is 3.16. The van der Waals surface area contributed by atoms with Gasteiger partial charge in [0.15, 0.2) is 0 Å². The number of benzene rings is 1. The molecule has 0 aliphatic rings. The average molecular weight is 330 g/mol. The molecule has 124 valence electrons. The Morgan fingerprint density at radius 1 is 1.41 bits per heavy atom. The minimum Gasteiger partial charge on any atom is -0.497 e. The summed E-state index contributed by atoms with van der Waals surface area (Å²) < 4.78 is 5.09. The molecule has 0 saturated carbocycles. The number of ether oxygens (including phenoxy) is 1. The summed E-state index contributed by atoms with van der Waals surface area (Å²) in [6, 6.07) is 7.06. The van der Waals surface area contributed by atoms with Crippen molar-refractivity contribution in [2.24, 2.45) is 11.7 Å². The number of carbonyl (C=O) groups excluding carboxylic acids is 2. The molecular formula is C15H24ClN3O3. The molecule has 0 heterocycles. The fourth-order valence-electron chi connectivity index (χ4n) is 1.83. The van der Waals surface area contributed by atoms with Crippen molar-refractivity contribution in [3.8, 4) is 5.75 Å². The number of nitrogens with one attached hydrogen (secondary N) is 1. The summed E-state index contributed by atoms with van der Waals surface area (Å²) in [7, 11) is 1.56. The molecule has 7 heteroatoms.